The summed E-state index contributed by atoms with van der Waals surface area (Å²) in [5.74, 6) is 0.949. The molecule has 3 aromatic rings. The molecule has 0 spiro atoms. The first-order valence-electron chi connectivity index (χ1n) is 7.07. The fraction of sp³-hybridized carbons (Fsp3) is 0.176. The third-order valence-electron chi connectivity index (χ3n) is 3.67. The van der Waals surface area contributed by atoms with E-state index in [2.05, 4.69) is 10.2 Å². The molecule has 0 amide bonds. The monoisotopic (exact) mass is 346 g/mol. The minimum Gasteiger partial charge on any atom is -0.493 e. The van der Waals surface area contributed by atoms with Gasteiger partial charge in [0.05, 0.1) is 26.8 Å². The Morgan fingerprint density at radius 3 is 2.29 bits per heavy atom. The van der Waals surface area contributed by atoms with Gasteiger partial charge in [0, 0.05) is 16.0 Å². The topological polar surface area (TPSA) is 73.4 Å². The van der Waals surface area contributed by atoms with Crippen LogP contribution in [0.5, 0.6) is 17.2 Å². The van der Waals surface area contributed by atoms with Gasteiger partial charge in [-0.3, -0.25) is 9.89 Å². The molecule has 7 heteroatoms. The van der Waals surface area contributed by atoms with Crippen LogP contribution in [-0.2, 0) is 0 Å². The number of benzene rings is 2. The molecule has 124 valence electrons. The van der Waals surface area contributed by atoms with Gasteiger partial charge in [0.1, 0.15) is 5.69 Å². The summed E-state index contributed by atoms with van der Waals surface area (Å²) in [5, 5.41) is 8.13. The van der Waals surface area contributed by atoms with Crippen molar-refractivity contribution in [1.82, 2.24) is 10.2 Å². The van der Waals surface area contributed by atoms with Crippen molar-refractivity contribution in [2.24, 2.45) is 0 Å². The van der Waals surface area contributed by atoms with E-state index in [9.17, 15) is 4.79 Å². The van der Waals surface area contributed by atoms with Gasteiger partial charge >= 0.3 is 0 Å². The summed E-state index contributed by atoms with van der Waals surface area (Å²) in [6.45, 7) is 0. The summed E-state index contributed by atoms with van der Waals surface area (Å²) in [5.41, 5.74) is 1.38. The van der Waals surface area contributed by atoms with Crippen LogP contribution < -0.4 is 14.2 Å². The van der Waals surface area contributed by atoms with Crippen molar-refractivity contribution in [1.29, 1.82) is 0 Å². The summed E-state index contributed by atoms with van der Waals surface area (Å²) < 4.78 is 15.8. The first-order valence-corrected chi connectivity index (χ1v) is 7.45. The molecule has 3 rings (SSSR count). The van der Waals surface area contributed by atoms with Crippen molar-refractivity contribution in [3.63, 3.8) is 0 Å². The predicted molar refractivity (Wildman–Crippen MR) is 90.6 cm³/mol. The zero-order valence-corrected chi connectivity index (χ0v) is 14.1. The average Bonchev–Trinajstić information content (AvgIpc) is 3.02. The minimum absolute atomic E-state index is 0.275. The maximum Gasteiger partial charge on any atom is 0.214 e. The Balaban J connectivity index is 2.13. The first-order chi connectivity index (χ1) is 11.6. The molecule has 6 nitrogen and oxygen atoms in total. The number of ketones is 1. The zero-order chi connectivity index (χ0) is 17.3. The van der Waals surface area contributed by atoms with Crippen LogP contribution in [-0.4, -0.2) is 37.3 Å². The van der Waals surface area contributed by atoms with E-state index in [0.717, 1.165) is 5.52 Å². The number of hydrogen-bond donors (Lipinski definition) is 1. The number of methoxy groups -OCH3 is 3. The van der Waals surface area contributed by atoms with E-state index in [-0.39, 0.29) is 11.5 Å². The molecule has 1 N–H and O–H groups in total. The standard InChI is InChI=1S/C17H15ClN2O4/c1-22-13-6-9(7-14(23-2)17(13)24-3)16(21)15-11-8-10(18)4-5-12(11)19-20-15/h4-8H,1-3H3,(H,19,20). The summed E-state index contributed by atoms with van der Waals surface area (Å²) in [6, 6.07) is 8.39. The van der Waals surface area contributed by atoms with E-state index in [0.29, 0.717) is 33.2 Å². The van der Waals surface area contributed by atoms with Gasteiger partial charge < -0.3 is 14.2 Å². The highest BCUT2D eigenvalue weighted by Gasteiger charge is 2.21. The number of nitrogens with zero attached hydrogens (tertiary/aromatic N) is 1. The second kappa shape index (κ2) is 6.41. The Morgan fingerprint density at radius 2 is 1.71 bits per heavy atom. The Hall–Kier alpha value is -2.73. The largest absolute Gasteiger partial charge is 0.493 e. The molecule has 2 aromatic carbocycles. The van der Waals surface area contributed by atoms with Crippen LogP contribution in [0.15, 0.2) is 30.3 Å². The second-order valence-corrected chi connectivity index (χ2v) is 5.44. The molecule has 0 atom stereocenters. The Kier molecular flexibility index (Phi) is 4.31. The third kappa shape index (κ3) is 2.65. The number of halogens is 1. The van der Waals surface area contributed by atoms with E-state index in [1.807, 2.05) is 0 Å². The molecule has 0 saturated carbocycles. The maximum atomic E-state index is 12.9. The number of nitrogens with one attached hydrogen (secondary N) is 1. The van der Waals surface area contributed by atoms with Gasteiger partial charge in [0.2, 0.25) is 11.5 Å². The molecule has 0 aliphatic heterocycles. The maximum absolute atomic E-state index is 12.9. The predicted octanol–water partition coefficient (Wildman–Crippen LogP) is 3.47. The lowest BCUT2D eigenvalue weighted by Crippen LogP contribution is -2.05. The second-order valence-electron chi connectivity index (χ2n) is 5.01. The lowest BCUT2D eigenvalue weighted by atomic mass is 10.0. The highest BCUT2D eigenvalue weighted by molar-refractivity contribution is 6.31. The van der Waals surface area contributed by atoms with E-state index < -0.39 is 0 Å². The van der Waals surface area contributed by atoms with Crippen molar-refractivity contribution in [2.75, 3.05) is 21.3 Å². The van der Waals surface area contributed by atoms with E-state index in [1.54, 1.807) is 30.3 Å². The smallest absolute Gasteiger partial charge is 0.214 e. The highest BCUT2D eigenvalue weighted by atomic mass is 35.5. The molecule has 24 heavy (non-hydrogen) atoms. The molecule has 0 unspecified atom stereocenters. The Morgan fingerprint density at radius 1 is 1.04 bits per heavy atom. The van der Waals surface area contributed by atoms with Crippen LogP contribution in [0.3, 0.4) is 0 Å². The van der Waals surface area contributed by atoms with E-state index in [1.165, 1.54) is 21.3 Å². The molecule has 0 bridgehead atoms. The van der Waals surface area contributed by atoms with Gasteiger partial charge in [-0.2, -0.15) is 5.10 Å². The third-order valence-corrected chi connectivity index (χ3v) is 3.90. The van der Waals surface area contributed by atoms with Crippen LogP contribution in [0.1, 0.15) is 16.1 Å². The van der Waals surface area contributed by atoms with Crippen molar-refractivity contribution in [2.45, 2.75) is 0 Å². The van der Waals surface area contributed by atoms with E-state index in [4.69, 9.17) is 25.8 Å². The number of carbonyl (C=O) groups is 1. The minimum atomic E-state index is -0.275. The number of aromatic nitrogens is 2. The molecule has 1 aromatic heterocycles. The van der Waals surface area contributed by atoms with Crippen molar-refractivity contribution in [3.8, 4) is 17.2 Å². The van der Waals surface area contributed by atoms with Crippen molar-refractivity contribution in [3.05, 3.63) is 46.6 Å². The number of H-pyrrole nitrogens is 1. The van der Waals surface area contributed by atoms with Crippen LogP contribution in [0, 0.1) is 0 Å². The molecule has 1 heterocycles. The molecule has 0 aliphatic carbocycles. The fourth-order valence-corrected chi connectivity index (χ4v) is 2.68. The van der Waals surface area contributed by atoms with Gasteiger partial charge in [0.15, 0.2) is 11.5 Å². The Bertz CT molecular complexity index is 895. The van der Waals surface area contributed by atoms with E-state index >= 15 is 0 Å². The number of aromatic amines is 1. The molecule has 0 saturated heterocycles. The number of carbonyl (C=O) groups excluding carboxylic acids is 1. The van der Waals surface area contributed by atoms with Crippen LogP contribution in [0.2, 0.25) is 5.02 Å². The number of fused-ring (bicyclic) bond motifs is 1. The van der Waals surface area contributed by atoms with Gasteiger partial charge in [-0.25, -0.2) is 0 Å². The van der Waals surface area contributed by atoms with Gasteiger partial charge in [-0.15, -0.1) is 0 Å². The fourth-order valence-electron chi connectivity index (χ4n) is 2.51. The number of hydrogen-bond acceptors (Lipinski definition) is 5. The molecular formula is C17H15ClN2O4. The highest BCUT2D eigenvalue weighted by Crippen LogP contribution is 2.39. The number of rotatable bonds is 5. The SMILES string of the molecule is COc1cc(C(=O)c2n[nH]c3ccc(Cl)cc23)cc(OC)c1OC. The van der Waals surface area contributed by atoms with Gasteiger partial charge in [-0.05, 0) is 30.3 Å². The summed E-state index contributed by atoms with van der Waals surface area (Å²) in [7, 11) is 4.50. The summed E-state index contributed by atoms with van der Waals surface area (Å²) in [4.78, 5) is 12.9. The molecule has 0 aliphatic rings. The zero-order valence-electron chi connectivity index (χ0n) is 13.3. The summed E-state index contributed by atoms with van der Waals surface area (Å²) >= 11 is 6.02. The quantitative estimate of drug-likeness (QED) is 0.716. The van der Waals surface area contributed by atoms with Crippen LogP contribution in [0.4, 0.5) is 0 Å². The van der Waals surface area contributed by atoms with Crippen LogP contribution in [0.25, 0.3) is 10.9 Å². The molecule has 0 radical (unpaired) electrons. The van der Waals surface area contributed by atoms with Gasteiger partial charge in [0.25, 0.3) is 0 Å². The first kappa shape index (κ1) is 16.1. The summed E-state index contributed by atoms with van der Waals surface area (Å²) in [6.07, 6.45) is 0. The molecule has 0 fully saturated rings. The van der Waals surface area contributed by atoms with Gasteiger partial charge in [-0.1, -0.05) is 11.6 Å². The lowest BCUT2D eigenvalue weighted by Gasteiger charge is -2.13. The number of ether oxygens (including phenoxy) is 3. The lowest BCUT2D eigenvalue weighted by molar-refractivity contribution is 0.103. The average molecular weight is 347 g/mol. The van der Waals surface area contributed by atoms with Crippen molar-refractivity contribution >= 4 is 28.3 Å². The van der Waals surface area contributed by atoms with Crippen molar-refractivity contribution < 1.29 is 19.0 Å². The molecular weight excluding hydrogens is 332 g/mol. The van der Waals surface area contributed by atoms with Crippen LogP contribution >= 0.6 is 11.6 Å². The normalized spacial score (nSPS) is 10.7. The Labute approximate surface area is 143 Å².